The minimum Gasteiger partial charge on any atom is -0.481 e. The van der Waals surface area contributed by atoms with Gasteiger partial charge in [-0.2, -0.15) is 0 Å². The monoisotopic (exact) mass is 188 g/mol. The summed E-state index contributed by atoms with van der Waals surface area (Å²) >= 11 is 0. The van der Waals surface area contributed by atoms with E-state index in [4.69, 9.17) is 5.11 Å². The van der Waals surface area contributed by atoms with Gasteiger partial charge < -0.3 is 15.7 Å². The number of piperidine rings is 1. The molecule has 13 heavy (non-hydrogen) atoms. The summed E-state index contributed by atoms with van der Waals surface area (Å²) in [5.41, 5.74) is 0. The highest BCUT2D eigenvalue weighted by Gasteiger charge is 2.08. The molecule has 78 valence electrons. The Morgan fingerprint density at radius 1 is 1.54 bits per heavy atom. The Labute approximate surface area is 79.7 Å². The van der Waals surface area contributed by atoms with Crippen LogP contribution < -0.4 is 10.6 Å². The van der Waals surface area contributed by atoms with E-state index < -0.39 is 5.97 Å². The third-order valence-corrected chi connectivity index (χ3v) is 2.05. The summed E-state index contributed by atoms with van der Waals surface area (Å²) in [6, 6.07) is 0.774. The fourth-order valence-corrected chi connectivity index (χ4v) is 1.11. The first-order chi connectivity index (χ1) is 6.20. The predicted octanol–water partition coefficient (Wildman–Crippen LogP) is 0.439. The number of carbonyl (C=O) groups is 1. The van der Waals surface area contributed by atoms with E-state index in [-0.39, 0.29) is 6.42 Å². The molecule has 3 N–H and O–H groups in total. The molecule has 0 saturated carbocycles. The van der Waals surface area contributed by atoms with Gasteiger partial charge in [0.1, 0.15) is 0 Å². The zero-order valence-electron chi connectivity index (χ0n) is 8.47. The zero-order valence-corrected chi connectivity index (χ0v) is 8.47. The molecule has 0 spiro atoms. The SMILES string of the molecule is CCC(=O)O.CNC1CCNCC1. The molecule has 0 unspecified atom stereocenters. The maximum absolute atomic E-state index is 9.37. The van der Waals surface area contributed by atoms with Crippen LogP contribution in [0.25, 0.3) is 0 Å². The Morgan fingerprint density at radius 3 is 2.23 bits per heavy atom. The summed E-state index contributed by atoms with van der Waals surface area (Å²) in [6.45, 7) is 3.97. The maximum Gasteiger partial charge on any atom is 0.303 e. The smallest absolute Gasteiger partial charge is 0.303 e. The van der Waals surface area contributed by atoms with E-state index in [1.54, 1.807) is 6.92 Å². The average molecular weight is 188 g/mol. The highest BCUT2D eigenvalue weighted by atomic mass is 16.4. The van der Waals surface area contributed by atoms with Crippen molar-refractivity contribution in [2.45, 2.75) is 32.2 Å². The number of carboxylic acid groups (broad SMARTS) is 1. The van der Waals surface area contributed by atoms with Crippen molar-refractivity contribution in [1.29, 1.82) is 0 Å². The third kappa shape index (κ3) is 7.74. The number of carboxylic acids is 1. The van der Waals surface area contributed by atoms with Gasteiger partial charge in [0.05, 0.1) is 0 Å². The molecule has 0 aromatic carbocycles. The standard InChI is InChI=1S/C6H14N2.C3H6O2/c1-7-6-2-4-8-5-3-6;1-2-3(4)5/h6-8H,2-5H2,1H3;2H2,1H3,(H,4,5). The van der Waals surface area contributed by atoms with Crippen LogP contribution in [-0.4, -0.2) is 37.3 Å². The van der Waals surface area contributed by atoms with Gasteiger partial charge in [-0.3, -0.25) is 4.79 Å². The second-order valence-electron chi connectivity index (χ2n) is 3.06. The van der Waals surface area contributed by atoms with Crippen LogP contribution in [0.2, 0.25) is 0 Å². The van der Waals surface area contributed by atoms with Gasteiger partial charge in [0.2, 0.25) is 0 Å². The fraction of sp³-hybridized carbons (Fsp3) is 0.889. The summed E-state index contributed by atoms with van der Waals surface area (Å²) in [7, 11) is 2.04. The van der Waals surface area contributed by atoms with Gasteiger partial charge in [-0.1, -0.05) is 6.92 Å². The quantitative estimate of drug-likeness (QED) is 0.588. The van der Waals surface area contributed by atoms with Crippen LogP contribution in [0.15, 0.2) is 0 Å². The van der Waals surface area contributed by atoms with Crippen molar-refractivity contribution in [3.8, 4) is 0 Å². The molecule has 4 nitrogen and oxygen atoms in total. The topological polar surface area (TPSA) is 61.4 Å². The van der Waals surface area contributed by atoms with Crippen LogP contribution in [0.4, 0.5) is 0 Å². The van der Waals surface area contributed by atoms with E-state index in [1.165, 1.54) is 25.9 Å². The lowest BCUT2D eigenvalue weighted by molar-refractivity contribution is -0.136. The van der Waals surface area contributed by atoms with Gasteiger partial charge in [0.25, 0.3) is 0 Å². The Kier molecular flexibility index (Phi) is 7.63. The first-order valence-corrected chi connectivity index (χ1v) is 4.80. The number of aliphatic carboxylic acids is 1. The van der Waals surface area contributed by atoms with Crippen molar-refractivity contribution in [2.75, 3.05) is 20.1 Å². The van der Waals surface area contributed by atoms with Crippen molar-refractivity contribution in [2.24, 2.45) is 0 Å². The third-order valence-electron chi connectivity index (χ3n) is 2.05. The molecule has 1 aliphatic rings. The molecule has 0 radical (unpaired) electrons. The molecule has 0 aliphatic carbocycles. The summed E-state index contributed by atoms with van der Waals surface area (Å²) in [6.07, 6.45) is 2.80. The molecular weight excluding hydrogens is 168 g/mol. The van der Waals surface area contributed by atoms with Gasteiger partial charge in [0, 0.05) is 12.5 Å². The van der Waals surface area contributed by atoms with Gasteiger partial charge in [-0.25, -0.2) is 0 Å². The van der Waals surface area contributed by atoms with Gasteiger partial charge in [0.15, 0.2) is 0 Å². The number of nitrogens with one attached hydrogen (secondary N) is 2. The molecule has 1 heterocycles. The first kappa shape index (κ1) is 12.4. The number of hydrogen-bond donors (Lipinski definition) is 3. The Bertz CT molecular complexity index is 134. The molecular formula is C9H20N2O2. The fourth-order valence-electron chi connectivity index (χ4n) is 1.11. The second-order valence-corrected chi connectivity index (χ2v) is 3.06. The Morgan fingerprint density at radius 2 is 2.00 bits per heavy atom. The number of rotatable bonds is 2. The van der Waals surface area contributed by atoms with Crippen molar-refractivity contribution < 1.29 is 9.90 Å². The normalized spacial score (nSPS) is 17.4. The predicted molar refractivity (Wildman–Crippen MR) is 52.9 cm³/mol. The van der Waals surface area contributed by atoms with E-state index in [2.05, 4.69) is 10.6 Å². The molecule has 1 aliphatic heterocycles. The second kappa shape index (κ2) is 8.01. The molecule has 0 aromatic heterocycles. The molecule has 0 atom stereocenters. The summed E-state index contributed by atoms with van der Waals surface area (Å²) in [4.78, 5) is 9.37. The van der Waals surface area contributed by atoms with Crippen LogP contribution in [-0.2, 0) is 4.79 Å². The van der Waals surface area contributed by atoms with Gasteiger partial charge in [-0.15, -0.1) is 0 Å². The summed E-state index contributed by atoms with van der Waals surface area (Å²) in [5.74, 6) is -0.745. The van der Waals surface area contributed by atoms with Crippen molar-refractivity contribution in [3.05, 3.63) is 0 Å². The van der Waals surface area contributed by atoms with Crippen LogP contribution in [0.1, 0.15) is 26.2 Å². The summed E-state index contributed by atoms with van der Waals surface area (Å²) in [5, 5.41) is 14.3. The molecule has 1 rings (SSSR count). The highest BCUT2D eigenvalue weighted by Crippen LogP contribution is 1.99. The zero-order chi connectivity index (χ0) is 10.1. The molecule has 1 saturated heterocycles. The van der Waals surface area contributed by atoms with Crippen LogP contribution >= 0.6 is 0 Å². The van der Waals surface area contributed by atoms with E-state index in [1.807, 2.05) is 7.05 Å². The first-order valence-electron chi connectivity index (χ1n) is 4.80. The minimum atomic E-state index is -0.745. The highest BCUT2D eigenvalue weighted by molar-refractivity contribution is 5.66. The lowest BCUT2D eigenvalue weighted by Gasteiger charge is -2.21. The van der Waals surface area contributed by atoms with Crippen molar-refractivity contribution in [1.82, 2.24) is 10.6 Å². The van der Waals surface area contributed by atoms with Crippen LogP contribution in [0.3, 0.4) is 0 Å². The summed E-state index contributed by atoms with van der Waals surface area (Å²) < 4.78 is 0. The molecule has 4 heteroatoms. The van der Waals surface area contributed by atoms with Crippen LogP contribution in [0, 0.1) is 0 Å². The largest absolute Gasteiger partial charge is 0.481 e. The lowest BCUT2D eigenvalue weighted by Crippen LogP contribution is -2.37. The Hall–Kier alpha value is -0.610. The number of hydrogen-bond acceptors (Lipinski definition) is 3. The lowest BCUT2D eigenvalue weighted by atomic mass is 10.1. The van der Waals surface area contributed by atoms with E-state index in [9.17, 15) is 4.79 Å². The van der Waals surface area contributed by atoms with Crippen molar-refractivity contribution >= 4 is 5.97 Å². The minimum absolute atomic E-state index is 0.222. The molecule has 1 fully saturated rings. The van der Waals surface area contributed by atoms with E-state index in [0.717, 1.165) is 6.04 Å². The van der Waals surface area contributed by atoms with Gasteiger partial charge >= 0.3 is 5.97 Å². The molecule has 0 aromatic rings. The van der Waals surface area contributed by atoms with E-state index >= 15 is 0 Å². The molecule has 0 amide bonds. The van der Waals surface area contributed by atoms with Gasteiger partial charge in [-0.05, 0) is 33.0 Å². The van der Waals surface area contributed by atoms with E-state index in [0.29, 0.717) is 0 Å². The Balaban J connectivity index is 0.000000252. The average Bonchev–Trinajstić information content (AvgIpc) is 2.20. The maximum atomic E-state index is 9.37. The molecule has 0 bridgehead atoms. The van der Waals surface area contributed by atoms with Crippen molar-refractivity contribution in [3.63, 3.8) is 0 Å². The van der Waals surface area contributed by atoms with Crippen LogP contribution in [0.5, 0.6) is 0 Å².